The van der Waals surface area contributed by atoms with Crippen LogP contribution in [0.3, 0.4) is 0 Å². The van der Waals surface area contributed by atoms with Crippen molar-refractivity contribution in [3.8, 4) is 0 Å². The van der Waals surface area contributed by atoms with Gasteiger partial charge in [0.25, 0.3) is 0 Å². The fourth-order valence-corrected chi connectivity index (χ4v) is 8.37. The molecule has 0 rings (SSSR count). The maximum atomic E-state index is 5.78. The van der Waals surface area contributed by atoms with Crippen molar-refractivity contribution in [2.75, 3.05) is 13.2 Å². The topological polar surface area (TPSA) is 9.23 Å². The van der Waals surface area contributed by atoms with Crippen molar-refractivity contribution in [1.82, 2.24) is 0 Å². The first kappa shape index (κ1) is 36.9. The fraction of sp³-hybridized carbons (Fsp3) is 1.00. The maximum absolute atomic E-state index is 5.78. The molecule has 0 aliphatic carbocycles. The summed E-state index contributed by atoms with van der Waals surface area (Å²) < 4.78 is 9.03. The first-order valence-corrected chi connectivity index (χ1v) is 20.1. The summed E-state index contributed by atoms with van der Waals surface area (Å²) in [6.07, 6.45) is 34.0. The Balaban J connectivity index is 0. The first-order chi connectivity index (χ1) is 16.8. The van der Waals surface area contributed by atoms with E-state index in [2.05, 4.69) is 27.7 Å². The van der Waals surface area contributed by atoms with Gasteiger partial charge in [0, 0.05) is 13.2 Å². The first-order valence-electron chi connectivity index (χ1n) is 16.1. The predicted octanol–water partition coefficient (Wildman–Crippen LogP) is 12.0. The van der Waals surface area contributed by atoms with Crippen molar-refractivity contribution in [3.63, 3.8) is 0 Å². The Bertz CT molecular complexity index is 279. The van der Waals surface area contributed by atoms with Gasteiger partial charge in [0.05, 0.1) is 0 Å². The third-order valence-electron chi connectivity index (χ3n) is 6.70. The van der Waals surface area contributed by atoms with E-state index in [1.807, 2.05) is 0 Å². The standard InChI is InChI=1S/C24H50O.2C4H9.Sn/c1-3-5-7-9-11-13-15-17-19-21-23-25-24-22-20-18-16-14-12-10-8-6-4-2;2*1-3-4-2;/h3-24H2,1-2H3;2*1,3-4H2,2H3;. The summed E-state index contributed by atoms with van der Waals surface area (Å²) in [6.45, 7) is 11.2. The summed E-state index contributed by atoms with van der Waals surface area (Å²) in [5.74, 6) is 0. The fourth-order valence-electron chi connectivity index (χ4n) is 4.21. The van der Waals surface area contributed by atoms with Gasteiger partial charge < -0.3 is 4.74 Å². The van der Waals surface area contributed by atoms with Gasteiger partial charge in [0.1, 0.15) is 0 Å². The minimum atomic E-state index is 0.149. The Kier molecular flexibility index (Phi) is 41.6. The second-order valence-electron chi connectivity index (χ2n) is 10.4. The quantitative estimate of drug-likeness (QED) is 0.0654. The third-order valence-corrected chi connectivity index (χ3v) is 10.7. The van der Waals surface area contributed by atoms with Crippen LogP contribution in [0.1, 0.15) is 182 Å². The molecule has 0 saturated carbocycles. The number of hydrogen-bond donors (Lipinski definition) is 0. The van der Waals surface area contributed by atoms with Crippen LogP contribution < -0.4 is 0 Å². The monoisotopic (exact) mass is 588 g/mol. The van der Waals surface area contributed by atoms with Crippen molar-refractivity contribution in [3.05, 3.63) is 0 Å². The molecule has 0 spiro atoms. The normalized spacial score (nSPS) is 10.9. The van der Waals surface area contributed by atoms with E-state index in [9.17, 15) is 0 Å². The van der Waals surface area contributed by atoms with E-state index in [0.717, 1.165) is 13.2 Å². The van der Waals surface area contributed by atoms with Gasteiger partial charge in [-0.3, -0.25) is 0 Å². The Morgan fingerprint density at radius 2 is 0.588 bits per heavy atom. The summed E-state index contributed by atoms with van der Waals surface area (Å²) in [4.78, 5) is 0. The van der Waals surface area contributed by atoms with Gasteiger partial charge in [-0.25, -0.2) is 0 Å². The van der Waals surface area contributed by atoms with Crippen LogP contribution >= 0.6 is 0 Å². The average molecular weight is 588 g/mol. The van der Waals surface area contributed by atoms with Crippen LogP contribution in [0.2, 0.25) is 8.87 Å². The van der Waals surface area contributed by atoms with Crippen molar-refractivity contribution >= 4 is 21.1 Å². The van der Waals surface area contributed by atoms with Crippen LogP contribution in [0, 0.1) is 0 Å². The second-order valence-corrected chi connectivity index (χ2v) is 14.7. The zero-order valence-electron chi connectivity index (χ0n) is 24.7. The Labute approximate surface area is 229 Å². The molecule has 0 heterocycles. The zero-order chi connectivity index (χ0) is 25.2. The van der Waals surface area contributed by atoms with E-state index in [-0.39, 0.29) is 21.1 Å². The van der Waals surface area contributed by atoms with Crippen molar-refractivity contribution in [2.45, 2.75) is 191 Å². The zero-order valence-corrected chi connectivity index (χ0v) is 27.6. The molecule has 206 valence electrons. The molecular formula is C32H68OSn. The minimum absolute atomic E-state index is 0.149. The van der Waals surface area contributed by atoms with Gasteiger partial charge >= 0.3 is 69.5 Å². The molecule has 0 aromatic rings. The average Bonchev–Trinajstić information content (AvgIpc) is 2.85. The van der Waals surface area contributed by atoms with Crippen LogP contribution in [-0.4, -0.2) is 34.4 Å². The predicted molar refractivity (Wildman–Crippen MR) is 160 cm³/mol. The van der Waals surface area contributed by atoms with Crippen molar-refractivity contribution < 1.29 is 4.74 Å². The molecule has 0 fully saturated rings. The third kappa shape index (κ3) is 39.9. The summed E-state index contributed by atoms with van der Waals surface area (Å²) in [7, 11) is 0. The number of rotatable bonds is 28. The van der Waals surface area contributed by atoms with Gasteiger partial charge in [-0.2, -0.15) is 0 Å². The van der Waals surface area contributed by atoms with Gasteiger partial charge in [0.15, 0.2) is 0 Å². The Morgan fingerprint density at radius 1 is 0.324 bits per heavy atom. The molecule has 0 aromatic heterocycles. The molecule has 0 N–H and O–H groups in total. The van der Waals surface area contributed by atoms with Crippen molar-refractivity contribution in [1.29, 1.82) is 0 Å². The van der Waals surface area contributed by atoms with Gasteiger partial charge in [-0.1, -0.05) is 129 Å². The summed E-state index contributed by atoms with van der Waals surface area (Å²) >= 11 is 0.149. The van der Waals surface area contributed by atoms with E-state index in [4.69, 9.17) is 4.74 Å². The Hall–Kier alpha value is 0.759. The summed E-state index contributed by atoms with van der Waals surface area (Å²) in [5, 5.41) is 0. The van der Waals surface area contributed by atoms with E-state index >= 15 is 0 Å². The molecule has 34 heavy (non-hydrogen) atoms. The second kappa shape index (κ2) is 38.3. The molecule has 0 aliphatic rings. The van der Waals surface area contributed by atoms with E-state index < -0.39 is 0 Å². The molecule has 0 aliphatic heterocycles. The van der Waals surface area contributed by atoms with Crippen LogP contribution in [0.5, 0.6) is 0 Å². The molecule has 0 amide bonds. The molecule has 2 heteroatoms. The van der Waals surface area contributed by atoms with Crippen LogP contribution in [0.4, 0.5) is 0 Å². The molecule has 2 radical (unpaired) electrons. The summed E-state index contributed by atoms with van der Waals surface area (Å²) in [6, 6.07) is 0. The number of hydrogen-bond acceptors (Lipinski definition) is 1. The van der Waals surface area contributed by atoms with Gasteiger partial charge in [0.2, 0.25) is 0 Å². The molecular weight excluding hydrogens is 519 g/mol. The molecule has 0 saturated heterocycles. The number of ether oxygens (including phenoxy) is 1. The van der Waals surface area contributed by atoms with E-state index in [1.165, 1.54) is 154 Å². The summed E-state index contributed by atoms with van der Waals surface area (Å²) in [5.41, 5.74) is 0. The van der Waals surface area contributed by atoms with E-state index in [1.54, 1.807) is 8.87 Å². The molecule has 0 aromatic carbocycles. The number of unbranched alkanes of at least 4 members (excludes halogenated alkanes) is 20. The van der Waals surface area contributed by atoms with E-state index in [0.29, 0.717) is 0 Å². The SMILES string of the molecule is CCCCCCCCCCCCOCCCCCCCCCCCC.CCC[CH2][Sn][CH2]CCC. The molecule has 0 atom stereocenters. The van der Waals surface area contributed by atoms with Crippen LogP contribution in [0.25, 0.3) is 0 Å². The Morgan fingerprint density at radius 3 is 0.882 bits per heavy atom. The van der Waals surface area contributed by atoms with Gasteiger partial charge in [-0.05, 0) is 12.8 Å². The molecule has 1 nitrogen and oxygen atoms in total. The van der Waals surface area contributed by atoms with Crippen LogP contribution in [-0.2, 0) is 4.74 Å². The van der Waals surface area contributed by atoms with Crippen molar-refractivity contribution in [2.24, 2.45) is 0 Å². The molecule has 0 bridgehead atoms. The van der Waals surface area contributed by atoms with Crippen LogP contribution in [0.15, 0.2) is 0 Å². The van der Waals surface area contributed by atoms with Gasteiger partial charge in [-0.15, -0.1) is 0 Å². The molecule has 0 unspecified atom stereocenters.